The average Bonchev–Trinajstić information content (AvgIpc) is 2.71. The second-order valence-electron chi connectivity index (χ2n) is 6.14. The van der Waals surface area contributed by atoms with E-state index < -0.39 is 23.8 Å². The Kier molecular flexibility index (Phi) is 5.40. The molecule has 0 aliphatic rings. The van der Waals surface area contributed by atoms with Crippen LogP contribution in [0.4, 0.5) is 0 Å². The number of hydrogen-bond acceptors (Lipinski definition) is 6. The number of fused-ring (bicyclic) bond motifs is 1. The lowest BCUT2D eigenvalue weighted by Crippen LogP contribution is -2.19. The Morgan fingerprint density at radius 1 is 0.893 bits per heavy atom. The summed E-state index contributed by atoms with van der Waals surface area (Å²) >= 11 is 0. The fourth-order valence-corrected chi connectivity index (χ4v) is 2.94. The molecule has 3 aromatic rings. The molecule has 0 aliphatic carbocycles. The summed E-state index contributed by atoms with van der Waals surface area (Å²) in [6, 6.07) is 15.0. The van der Waals surface area contributed by atoms with Gasteiger partial charge in [0.15, 0.2) is 5.78 Å². The number of Topliss-reactive ketones (excluding diaryl/α,β-unsaturated/α-hetero) is 3. The molecule has 0 radical (unpaired) electrons. The van der Waals surface area contributed by atoms with Crippen molar-refractivity contribution in [2.45, 2.75) is 6.42 Å². The number of carbonyl (C=O) groups excluding carboxylic acids is 3. The van der Waals surface area contributed by atoms with Crippen molar-refractivity contribution in [1.82, 2.24) is 0 Å². The molecule has 0 saturated carbocycles. The first-order chi connectivity index (χ1) is 13.4. The fourth-order valence-electron chi connectivity index (χ4n) is 2.94. The monoisotopic (exact) mass is 378 g/mol. The summed E-state index contributed by atoms with van der Waals surface area (Å²) in [4.78, 5) is 37.4. The first-order valence-electron chi connectivity index (χ1n) is 8.49. The topological polar surface area (TPSA) is 89.9 Å². The number of rotatable bonds is 7. The normalized spacial score (nSPS) is 10.5. The Morgan fingerprint density at radius 2 is 1.61 bits per heavy atom. The van der Waals surface area contributed by atoms with E-state index in [9.17, 15) is 19.5 Å². The summed E-state index contributed by atoms with van der Waals surface area (Å²) in [6.07, 6.45) is -0.679. The molecule has 0 fully saturated rings. The van der Waals surface area contributed by atoms with Crippen LogP contribution in [0.5, 0.6) is 17.2 Å². The number of ether oxygens (including phenoxy) is 2. The van der Waals surface area contributed by atoms with E-state index >= 15 is 0 Å². The van der Waals surface area contributed by atoms with Gasteiger partial charge in [-0.05, 0) is 16.8 Å². The third kappa shape index (κ3) is 3.71. The lowest BCUT2D eigenvalue weighted by molar-refractivity contribution is -0.114. The number of phenolic OH excluding ortho intramolecular Hbond substituents is 1. The quantitative estimate of drug-likeness (QED) is 0.384. The van der Waals surface area contributed by atoms with Crippen molar-refractivity contribution in [2.75, 3.05) is 14.2 Å². The summed E-state index contributed by atoms with van der Waals surface area (Å²) in [5, 5.41) is 11.9. The molecule has 0 amide bonds. The molecule has 1 N–H and O–H groups in total. The summed E-state index contributed by atoms with van der Waals surface area (Å²) < 4.78 is 10.1. The van der Waals surface area contributed by atoms with E-state index in [1.54, 1.807) is 18.2 Å². The van der Waals surface area contributed by atoms with Gasteiger partial charge in [0.2, 0.25) is 11.6 Å². The molecule has 0 saturated heterocycles. The number of methoxy groups -OCH3 is 2. The second kappa shape index (κ2) is 7.92. The summed E-state index contributed by atoms with van der Waals surface area (Å²) in [7, 11) is 2.73. The van der Waals surface area contributed by atoms with Crippen LogP contribution in [0.25, 0.3) is 10.8 Å². The number of benzene rings is 3. The van der Waals surface area contributed by atoms with Gasteiger partial charge in [0.05, 0.1) is 20.6 Å². The highest BCUT2D eigenvalue weighted by Crippen LogP contribution is 2.34. The Bertz CT molecular complexity index is 1080. The van der Waals surface area contributed by atoms with Gasteiger partial charge in [-0.2, -0.15) is 0 Å². The molecule has 0 aromatic heterocycles. The van der Waals surface area contributed by atoms with Crippen molar-refractivity contribution in [3.63, 3.8) is 0 Å². The molecular formula is C22H18O6. The van der Waals surface area contributed by atoms with Crippen LogP contribution in [0, 0.1) is 0 Å². The standard InChI is InChI=1S/C22H18O6/c1-27-16-10-17(23)21(20(11-16)28-2)18(24)12-19(25)22(26)15-8-7-13-5-3-4-6-14(13)9-15/h3-11,23H,12H2,1-2H3. The van der Waals surface area contributed by atoms with E-state index in [0.29, 0.717) is 5.75 Å². The molecule has 0 heterocycles. The maximum Gasteiger partial charge on any atom is 0.229 e. The summed E-state index contributed by atoms with van der Waals surface area (Å²) in [6.45, 7) is 0. The number of ketones is 3. The van der Waals surface area contributed by atoms with Gasteiger partial charge >= 0.3 is 0 Å². The van der Waals surface area contributed by atoms with Gasteiger partial charge in [-0.1, -0.05) is 36.4 Å². The Morgan fingerprint density at radius 3 is 2.29 bits per heavy atom. The fraction of sp³-hybridized carbons (Fsp3) is 0.136. The zero-order chi connectivity index (χ0) is 20.3. The largest absolute Gasteiger partial charge is 0.507 e. The van der Waals surface area contributed by atoms with Crippen molar-refractivity contribution in [3.05, 3.63) is 65.7 Å². The minimum atomic E-state index is -0.863. The predicted molar refractivity (Wildman–Crippen MR) is 103 cm³/mol. The van der Waals surface area contributed by atoms with E-state index in [1.165, 1.54) is 26.4 Å². The third-order valence-corrected chi connectivity index (χ3v) is 4.38. The highest BCUT2D eigenvalue weighted by molar-refractivity contribution is 6.47. The minimum Gasteiger partial charge on any atom is -0.507 e. The van der Waals surface area contributed by atoms with Crippen LogP contribution in [-0.4, -0.2) is 36.7 Å². The predicted octanol–water partition coefficient (Wildman–Crippen LogP) is 3.59. The van der Waals surface area contributed by atoms with Gasteiger partial charge in [0, 0.05) is 17.7 Å². The molecule has 3 rings (SSSR count). The summed E-state index contributed by atoms with van der Waals surface area (Å²) in [5.41, 5.74) is 0.0466. The van der Waals surface area contributed by atoms with Crippen LogP contribution in [0.2, 0.25) is 0 Å². The molecule has 28 heavy (non-hydrogen) atoms. The highest BCUT2D eigenvalue weighted by atomic mass is 16.5. The van der Waals surface area contributed by atoms with Crippen molar-refractivity contribution in [2.24, 2.45) is 0 Å². The molecule has 6 heteroatoms. The molecule has 142 valence electrons. The van der Waals surface area contributed by atoms with Gasteiger partial charge in [-0.3, -0.25) is 14.4 Å². The van der Waals surface area contributed by atoms with Gasteiger partial charge in [-0.15, -0.1) is 0 Å². The van der Waals surface area contributed by atoms with E-state index in [1.807, 2.05) is 24.3 Å². The van der Waals surface area contributed by atoms with Crippen molar-refractivity contribution >= 4 is 28.1 Å². The van der Waals surface area contributed by atoms with E-state index in [-0.39, 0.29) is 22.6 Å². The second-order valence-corrected chi connectivity index (χ2v) is 6.14. The van der Waals surface area contributed by atoms with Crippen LogP contribution >= 0.6 is 0 Å². The Hall–Kier alpha value is -3.67. The maximum absolute atomic E-state index is 12.5. The average molecular weight is 378 g/mol. The lowest BCUT2D eigenvalue weighted by Gasteiger charge is -2.11. The van der Waals surface area contributed by atoms with Crippen molar-refractivity contribution in [1.29, 1.82) is 0 Å². The molecule has 6 nitrogen and oxygen atoms in total. The van der Waals surface area contributed by atoms with Crippen LogP contribution < -0.4 is 9.47 Å². The number of aromatic hydroxyl groups is 1. The molecular weight excluding hydrogens is 360 g/mol. The van der Waals surface area contributed by atoms with Gasteiger partial charge in [-0.25, -0.2) is 0 Å². The van der Waals surface area contributed by atoms with Gasteiger partial charge in [0.25, 0.3) is 0 Å². The molecule has 0 spiro atoms. The molecule has 0 aliphatic heterocycles. The molecule has 0 bridgehead atoms. The smallest absolute Gasteiger partial charge is 0.229 e. The SMILES string of the molecule is COc1cc(O)c(C(=O)CC(=O)C(=O)c2ccc3ccccc3c2)c(OC)c1. The zero-order valence-electron chi connectivity index (χ0n) is 15.4. The van der Waals surface area contributed by atoms with Crippen LogP contribution in [0.3, 0.4) is 0 Å². The van der Waals surface area contributed by atoms with E-state index in [4.69, 9.17) is 9.47 Å². The van der Waals surface area contributed by atoms with Gasteiger partial charge < -0.3 is 14.6 Å². The van der Waals surface area contributed by atoms with Crippen LogP contribution in [0.15, 0.2) is 54.6 Å². The zero-order valence-corrected chi connectivity index (χ0v) is 15.4. The Balaban J connectivity index is 1.84. The molecule has 0 atom stereocenters. The van der Waals surface area contributed by atoms with E-state index in [2.05, 4.69) is 0 Å². The first kappa shape index (κ1) is 19.1. The van der Waals surface area contributed by atoms with Crippen LogP contribution in [0.1, 0.15) is 27.1 Å². The highest BCUT2D eigenvalue weighted by Gasteiger charge is 2.25. The van der Waals surface area contributed by atoms with Crippen molar-refractivity contribution in [3.8, 4) is 17.2 Å². The third-order valence-electron chi connectivity index (χ3n) is 4.38. The van der Waals surface area contributed by atoms with Crippen LogP contribution in [-0.2, 0) is 4.79 Å². The van der Waals surface area contributed by atoms with Crippen molar-refractivity contribution < 1.29 is 29.0 Å². The number of phenols is 1. The number of carbonyl (C=O) groups is 3. The van der Waals surface area contributed by atoms with Gasteiger partial charge in [0.1, 0.15) is 22.8 Å². The first-order valence-corrected chi connectivity index (χ1v) is 8.49. The van der Waals surface area contributed by atoms with E-state index in [0.717, 1.165) is 10.8 Å². The maximum atomic E-state index is 12.5. The lowest BCUT2D eigenvalue weighted by atomic mass is 9.97. The molecule has 3 aromatic carbocycles. The number of hydrogen-bond donors (Lipinski definition) is 1. The Labute approximate surface area is 161 Å². The minimum absolute atomic E-state index is 0.0628. The summed E-state index contributed by atoms with van der Waals surface area (Å²) in [5.74, 6) is -2.36. The molecule has 0 unspecified atom stereocenters.